The summed E-state index contributed by atoms with van der Waals surface area (Å²) < 4.78 is 0. The fourth-order valence-corrected chi connectivity index (χ4v) is 7.08. The minimum absolute atomic E-state index is 0.0475. The van der Waals surface area contributed by atoms with E-state index < -0.39 is 0 Å². The van der Waals surface area contributed by atoms with E-state index in [1.54, 1.807) is 0 Å². The Hall–Kier alpha value is -5.60. The molecule has 0 saturated carbocycles. The Bertz CT molecular complexity index is 2210. The first-order chi connectivity index (χ1) is 23.3. The summed E-state index contributed by atoms with van der Waals surface area (Å²) in [5, 5.41) is 7.63. The lowest BCUT2D eigenvalue weighted by Crippen LogP contribution is -2.14. The third kappa shape index (κ3) is 5.15. The zero-order valence-electron chi connectivity index (χ0n) is 28.3. The molecule has 0 atom stereocenters. The number of hydrogen-bond donors (Lipinski definition) is 0. The SMILES string of the molecule is Cc1ccc(N(c2ccccc2)c2cc(N(c3ccccc3)c3ccc(C)cc3)c3ccc4cc(C(C)(C)C)cc5ccc2c3c54)cc1. The molecule has 2 nitrogen and oxygen atoms in total. The molecule has 8 rings (SSSR count). The van der Waals surface area contributed by atoms with E-state index in [-0.39, 0.29) is 5.41 Å². The summed E-state index contributed by atoms with van der Waals surface area (Å²) in [6.45, 7) is 11.2. The summed E-state index contributed by atoms with van der Waals surface area (Å²) in [4.78, 5) is 4.85. The molecular formula is C46H40N2. The highest BCUT2D eigenvalue weighted by molar-refractivity contribution is 6.29. The Balaban J connectivity index is 1.53. The molecule has 0 aliphatic rings. The van der Waals surface area contributed by atoms with Crippen LogP contribution in [0.25, 0.3) is 32.3 Å². The van der Waals surface area contributed by atoms with Crippen molar-refractivity contribution < 1.29 is 0 Å². The minimum Gasteiger partial charge on any atom is -0.310 e. The number of anilines is 6. The van der Waals surface area contributed by atoms with Crippen LogP contribution >= 0.6 is 0 Å². The first kappa shape index (κ1) is 29.8. The third-order valence-corrected chi connectivity index (χ3v) is 9.63. The van der Waals surface area contributed by atoms with Gasteiger partial charge in [0.25, 0.3) is 0 Å². The molecule has 0 fully saturated rings. The molecule has 0 spiro atoms. The van der Waals surface area contributed by atoms with E-state index in [0.29, 0.717) is 0 Å². The van der Waals surface area contributed by atoms with E-state index in [1.165, 1.54) is 49.0 Å². The average Bonchev–Trinajstić information content (AvgIpc) is 3.10. The molecule has 0 radical (unpaired) electrons. The van der Waals surface area contributed by atoms with Gasteiger partial charge in [-0.05, 0) is 95.6 Å². The van der Waals surface area contributed by atoms with Crippen LogP contribution in [0.1, 0.15) is 37.5 Å². The van der Waals surface area contributed by atoms with Crippen molar-refractivity contribution in [3.63, 3.8) is 0 Å². The number of aryl methyl sites for hydroxylation is 2. The molecular weight excluding hydrogens is 581 g/mol. The molecule has 2 heteroatoms. The second kappa shape index (κ2) is 11.6. The Morgan fingerprint density at radius 1 is 0.396 bits per heavy atom. The second-order valence-electron chi connectivity index (χ2n) is 14.1. The molecule has 0 aromatic heterocycles. The molecule has 0 saturated heterocycles. The van der Waals surface area contributed by atoms with Crippen LogP contribution in [0.4, 0.5) is 34.1 Å². The normalized spacial score (nSPS) is 11.9. The summed E-state index contributed by atoms with van der Waals surface area (Å²) in [5.41, 5.74) is 10.7. The highest BCUT2D eigenvalue weighted by Crippen LogP contribution is 2.50. The Kier molecular flexibility index (Phi) is 7.18. The van der Waals surface area contributed by atoms with E-state index in [1.807, 2.05) is 0 Å². The number of rotatable bonds is 6. The summed E-state index contributed by atoms with van der Waals surface area (Å²) in [5.74, 6) is 0. The van der Waals surface area contributed by atoms with E-state index in [4.69, 9.17) is 0 Å². The molecule has 234 valence electrons. The van der Waals surface area contributed by atoms with Crippen molar-refractivity contribution in [3.05, 3.63) is 168 Å². The molecule has 0 N–H and O–H groups in total. The maximum atomic E-state index is 2.42. The molecule has 0 bridgehead atoms. The zero-order chi connectivity index (χ0) is 33.0. The molecule has 0 aliphatic heterocycles. The second-order valence-corrected chi connectivity index (χ2v) is 14.1. The Labute approximate surface area is 283 Å². The van der Waals surface area contributed by atoms with Crippen molar-refractivity contribution in [3.8, 4) is 0 Å². The van der Waals surface area contributed by atoms with Crippen molar-refractivity contribution in [2.45, 2.75) is 40.0 Å². The first-order valence-electron chi connectivity index (χ1n) is 16.9. The van der Waals surface area contributed by atoms with Crippen molar-refractivity contribution >= 4 is 66.4 Å². The monoisotopic (exact) mass is 620 g/mol. The van der Waals surface area contributed by atoms with Gasteiger partial charge < -0.3 is 9.80 Å². The molecule has 8 aromatic carbocycles. The van der Waals surface area contributed by atoms with Gasteiger partial charge in [-0.25, -0.2) is 0 Å². The molecule has 0 heterocycles. The van der Waals surface area contributed by atoms with Crippen molar-refractivity contribution in [2.24, 2.45) is 0 Å². The molecule has 8 aromatic rings. The summed E-state index contributed by atoms with van der Waals surface area (Å²) >= 11 is 0. The van der Waals surface area contributed by atoms with Crippen molar-refractivity contribution in [2.75, 3.05) is 9.80 Å². The zero-order valence-corrected chi connectivity index (χ0v) is 28.3. The van der Waals surface area contributed by atoms with Crippen LogP contribution in [0, 0.1) is 13.8 Å². The van der Waals surface area contributed by atoms with Gasteiger partial charge in [0.05, 0.1) is 11.4 Å². The van der Waals surface area contributed by atoms with E-state index in [9.17, 15) is 0 Å². The van der Waals surface area contributed by atoms with Crippen molar-refractivity contribution in [1.29, 1.82) is 0 Å². The van der Waals surface area contributed by atoms with Gasteiger partial charge in [0, 0.05) is 38.9 Å². The van der Waals surface area contributed by atoms with Crippen LogP contribution in [0.15, 0.2) is 152 Å². The van der Waals surface area contributed by atoms with E-state index in [0.717, 1.165) is 34.1 Å². The molecule has 48 heavy (non-hydrogen) atoms. The fraction of sp³-hybridized carbons (Fsp3) is 0.130. The molecule has 0 aliphatic carbocycles. The quantitative estimate of drug-likeness (QED) is 0.171. The number of benzene rings is 8. The first-order valence-corrected chi connectivity index (χ1v) is 16.9. The lowest BCUT2D eigenvalue weighted by Gasteiger charge is -2.32. The maximum absolute atomic E-state index is 2.42. The van der Waals surface area contributed by atoms with Gasteiger partial charge in [0.1, 0.15) is 0 Å². The van der Waals surface area contributed by atoms with Gasteiger partial charge >= 0.3 is 0 Å². The number of para-hydroxylation sites is 2. The van der Waals surface area contributed by atoms with E-state index in [2.05, 4.69) is 196 Å². The van der Waals surface area contributed by atoms with Gasteiger partial charge in [-0.3, -0.25) is 0 Å². The van der Waals surface area contributed by atoms with Crippen LogP contribution in [-0.4, -0.2) is 0 Å². The smallest absolute Gasteiger partial charge is 0.0561 e. The van der Waals surface area contributed by atoms with Crippen molar-refractivity contribution in [1.82, 2.24) is 0 Å². The topological polar surface area (TPSA) is 6.48 Å². The van der Waals surface area contributed by atoms with Gasteiger partial charge in [0.15, 0.2) is 0 Å². The van der Waals surface area contributed by atoms with Crippen LogP contribution in [0.3, 0.4) is 0 Å². The van der Waals surface area contributed by atoms with Gasteiger partial charge in [-0.15, -0.1) is 0 Å². The van der Waals surface area contributed by atoms with E-state index >= 15 is 0 Å². The average molecular weight is 621 g/mol. The minimum atomic E-state index is 0.0475. The lowest BCUT2D eigenvalue weighted by atomic mass is 9.83. The van der Waals surface area contributed by atoms with Crippen LogP contribution in [0.2, 0.25) is 0 Å². The fourth-order valence-electron chi connectivity index (χ4n) is 7.08. The standard InChI is InChI=1S/C46H40N2/c1-31-16-22-38(23-17-31)47(36-12-8-6-9-13-36)42-30-43(48(37-14-10-7-11-15-37)39-24-18-32(2)19-25-39)41-27-21-34-29-35(46(3,4)5)28-33-20-26-40(42)45(41)44(33)34/h6-30H,1-5H3. The highest BCUT2D eigenvalue weighted by atomic mass is 15.2. The molecule has 0 unspecified atom stereocenters. The summed E-state index contributed by atoms with van der Waals surface area (Å²) in [7, 11) is 0. The lowest BCUT2D eigenvalue weighted by molar-refractivity contribution is 0.591. The number of hydrogen-bond acceptors (Lipinski definition) is 2. The largest absolute Gasteiger partial charge is 0.310 e. The Morgan fingerprint density at radius 3 is 1.19 bits per heavy atom. The Morgan fingerprint density at radius 2 is 0.792 bits per heavy atom. The van der Waals surface area contributed by atoms with Crippen LogP contribution < -0.4 is 9.80 Å². The maximum Gasteiger partial charge on any atom is 0.0561 e. The predicted molar refractivity (Wildman–Crippen MR) is 208 cm³/mol. The summed E-state index contributed by atoms with van der Waals surface area (Å²) in [6.07, 6.45) is 0. The molecule has 0 amide bonds. The van der Waals surface area contributed by atoms with Crippen LogP contribution in [-0.2, 0) is 5.41 Å². The van der Waals surface area contributed by atoms with Gasteiger partial charge in [-0.1, -0.05) is 129 Å². The third-order valence-electron chi connectivity index (χ3n) is 9.63. The number of nitrogens with zero attached hydrogens (tertiary/aromatic N) is 2. The summed E-state index contributed by atoms with van der Waals surface area (Å²) in [6, 6.07) is 55.9. The highest BCUT2D eigenvalue weighted by Gasteiger charge is 2.25. The predicted octanol–water partition coefficient (Wildman–Crippen LogP) is 13.4. The van der Waals surface area contributed by atoms with Gasteiger partial charge in [-0.2, -0.15) is 0 Å². The van der Waals surface area contributed by atoms with Gasteiger partial charge in [0.2, 0.25) is 0 Å². The van der Waals surface area contributed by atoms with Crippen LogP contribution in [0.5, 0.6) is 0 Å².